The largest absolute Gasteiger partial charge is 0.321 e. The Morgan fingerprint density at radius 2 is 1.80 bits per heavy atom. The van der Waals surface area contributed by atoms with Crippen LogP contribution in [0.3, 0.4) is 0 Å². The van der Waals surface area contributed by atoms with Crippen molar-refractivity contribution < 1.29 is 0 Å². The van der Waals surface area contributed by atoms with Crippen LogP contribution in [0.2, 0.25) is 0 Å². The monoisotopic (exact) mass is 292 g/mol. The van der Waals surface area contributed by atoms with Gasteiger partial charge in [-0.3, -0.25) is 0 Å². The van der Waals surface area contributed by atoms with E-state index in [9.17, 15) is 0 Å². The van der Waals surface area contributed by atoms with Gasteiger partial charge in [0.25, 0.3) is 0 Å². The van der Waals surface area contributed by atoms with E-state index in [4.69, 9.17) is 16.6 Å². The molecule has 1 aromatic carbocycles. The Morgan fingerprint density at radius 3 is 2.35 bits per heavy atom. The van der Waals surface area contributed by atoms with Crippen LogP contribution in [0.25, 0.3) is 11.0 Å². The molecule has 3 heteroatoms. The Morgan fingerprint density at radius 1 is 1.15 bits per heavy atom. The van der Waals surface area contributed by atoms with Crippen LogP contribution in [0.5, 0.6) is 0 Å². The highest BCUT2D eigenvalue weighted by atomic mass is 35.5. The molecule has 1 aromatic heterocycles. The molecule has 0 unspecified atom stereocenters. The highest BCUT2D eigenvalue weighted by Gasteiger charge is 2.30. The highest BCUT2D eigenvalue weighted by molar-refractivity contribution is 6.16. The maximum atomic E-state index is 6.14. The fraction of sp³-hybridized carbons (Fsp3) is 0.588. The fourth-order valence-corrected chi connectivity index (χ4v) is 3.56. The van der Waals surface area contributed by atoms with E-state index in [-0.39, 0.29) is 11.0 Å². The van der Waals surface area contributed by atoms with Crippen molar-refractivity contribution in [3.63, 3.8) is 0 Å². The van der Waals surface area contributed by atoms with Gasteiger partial charge in [-0.25, -0.2) is 4.98 Å². The van der Waals surface area contributed by atoms with Crippen molar-refractivity contribution in [3.8, 4) is 0 Å². The van der Waals surface area contributed by atoms with Gasteiger partial charge in [0.1, 0.15) is 5.82 Å². The standard InChI is InChI=1S/C17H25ClN2/c1-12-7-8-14-13(9-12)19-15(10-18)20(14)17(5,6)11-16(2,3)4/h7-9H,10-11H2,1-6H3. The van der Waals surface area contributed by atoms with E-state index in [0.717, 1.165) is 17.8 Å². The minimum atomic E-state index is -0.00746. The number of imidazole rings is 1. The number of halogens is 1. The van der Waals surface area contributed by atoms with Gasteiger partial charge in [-0.15, -0.1) is 11.6 Å². The van der Waals surface area contributed by atoms with Crippen LogP contribution in [-0.4, -0.2) is 9.55 Å². The molecule has 0 saturated carbocycles. The maximum absolute atomic E-state index is 6.14. The van der Waals surface area contributed by atoms with E-state index in [1.807, 2.05) is 0 Å². The Kier molecular flexibility index (Phi) is 3.90. The summed E-state index contributed by atoms with van der Waals surface area (Å²) >= 11 is 6.14. The lowest BCUT2D eigenvalue weighted by atomic mass is 9.81. The molecule has 0 fully saturated rings. The minimum absolute atomic E-state index is 0.00746. The van der Waals surface area contributed by atoms with Crippen LogP contribution < -0.4 is 0 Å². The summed E-state index contributed by atoms with van der Waals surface area (Å²) in [5.74, 6) is 1.41. The molecule has 0 amide bonds. The first-order chi connectivity index (χ1) is 9.14. The summed E-state index contributed by atoms with van der Waals surface area (Å²) in [5, 5.41) is 0. The smallest absolute Gasteiger partial charge is 0.125 e. The molecular formula is C17H25ClN2. The molecule has 0 saturated heterocycles. The van der Waals surface area contributed by atoms with E-state index in [0.29, 0.717) is 5.88 Å². The van der Waals surface area contributed by atoms with Crippen molar-refractivity contribution in [2.24, 2.45) is 5.41 Å². The number of benzene rings is 1. The summed E-state index contributed by atoms with van der Waals surface area (Å²) < 4.78 is 2.32. The molecule has 0 aliphatic rings. The zero-order chi connectivity index (χ0) is 15.1. The third-order valence-electron chi connectivity index (χ3n) is 3.57. The molecule has 0 aliphatic carbocycles. The van der Waals surface area contributed by atoms with Gasteiger partial charge in [-0.05, 0) is 50.3 Å². The lowest BCUT2D eigenvalue weighted by Gasteiger charge is -2.35. The Balaban J connectivity index is 2.62. The van der Waals surface area contributed by atoms with Gasteiger partial charge in [0.15, 0.2) is 0 Å². The lowest BCUT2D eigenvalue weighted by Crippen LogP contribution is -2.32. The third-order valence-corrected chi connectivity index (χ3v) is 3.81. The summed E-state index contributed by atoms with van der Waals surface area (Å²) in [5.41, 5.74) is 3.71. The van der Waals surface area contributed by atoms with Crippen molar-refractivity contribution in [2.45, 2.75) is 59.4 Å². The predicted octanol–water partition coefficient (Wildman–Crippen LogP) is 5.25. The van der Waals surface area contributed by atoms with Crippen LogP contribution in [0.15, 0.2) is 18.2 Å². The summed E-state index contributed by atoms with van der Waals surface area (Å²) in [4.78, 5) is 4.72. The number of fused-ring (bicyclic) bond motifs is 1. The van der Waals surface area contributed by atoms with Gasteiger partial charge in [0.2, 0.25) is 0 Å². The minimum Gasteiger partial charge on any atom is -0.321 e. The van der Waals surface area contributed by atoms with Crippen molar-refractivity contribution >= 4 is 22.6 Å². The molecule has 0 radical (unpaired) electrons. The van der Waals surface area contributed by atoms with Gasteiger partial charge in [0.05, 0.1) is 16.9 Å². The average molecular weight is 293 g/mol. The van der Waals surface area contributed by atoms with Gasteiger partial charge in [-0.1, -0.05) is 26.8 Å². The molecule has 0 atom stereocenters. The van der Waals surface area contributed by atoms with Crippen LogP contribution in [0.4, 0.5) is 0 Å². The fourth-order valence-electron chi connectivity index (χ4n) is 3.38. The number of rotatable bonds is 3. The number of hydrogen-bond donors (Lipinski definition) is 0. The first-order valence-corrected chi connectivity index (χ1v) is 7.72. The van der Waals surface area contributed by atoms with Gasteiger partial charge < -0.3 is 4.57 Å². The molecule has 0 aliphatic heterocycles. The number of aromatic nitrogens is 2. The molecule has 110 valence electrons. The SMILES string of the molecule is Cc1ccc2c(c1)nc(CCl)n2C(C)(C)CC(C)(C)C. The van der Waals surface area contributed by atoms with Crippen molar-refractivity contribution in [1.29, 1.82) is 0 Å². The summed E-state index contributed by atoms with van der Waals surface area (Å²) in [6.45, 7) is 13.5. The zero-order valence-corrected chi connectivity index (χ0v) is 14.2. The van der Waals surface area contributed by atoms with E-state index in [1.165, 1.54) is 11.1 Å². The quantitative estimate of drug-likeness (QED) is 0.706. The van der Waals surface area contributed by atoms with Crippen molar-refractivity contribution in [1.82, 2.24) is 9.55 Å². The van der Waals surface area contributed by atoms with Crippen molar-refractivity contribution in [2.75, 3.05) is 0 Å². The highest BCUT2D eigenvalue weighted by Crippen LogP contribution is 2.36. The molecule has 2 nitrogen and oxygen atoms in total. The molecule has 2 rings (SSSR count). The van der Waals surface area contributed by atoms with E-state index in [1.54, 1.807) is 0 Å². The molecule has 0 bridgehead atoms. The maximum Gasteiger partial charge on any atom is 0.125 e. The summed E-state index contributed by atoms with van der Waals surface area (Å²) in [6, 6.07) is 6.44. The first-order valence-electron chi connectivity index (χ1n) is 7.18. The normalized spacial score (nSPS) is 13.2. The Bertz CT molecular complexity index is 618. The van der Waals surface area contributed by atoms with Crippen molar-refractivity contribution in [3.05, 3.63) is 29.6 Å². The number of alkyl halides is 1. The van der Waals surface area contributed by atoms with E-state index < -0.39 is 0 Å². The third kappa shape index (κ3) is 3.01. The molecular weight excluding hydrogens is 268 g/mol. The summed E-state index contributed by atoms with van der Waals surface area (Å²) in [7, 11) is 0. The van der Waals surface area contributed by atoms with E-state index >= 15 is 0 Å². The van der Waals surface area contributed by atoms with E-state index in [2.05, 4.69) is 64.3 Å². The topological polar surface area (TPSA) is 17.8 Å². The Hall–Kier alpha value is -1.02. The first kappa shape index (κ1) is 15.4. The van der Waals surface area contributed by atoms with Crippen LogP contribution in [0, 0.1) is 12.3 Å². The molecule has 2 aromatic rings. The predicted molar refractivity (Wildman–Crippen MR) is 87.4 cm³/mol. The average Bonchev–Trinajstić information content (AvgIpc) is 2.63. The second-order valence-electron chi connectivity index (χ2n) is 7.54. The number of nitrogens with zero attached hydrogens (tertiary/aromatic N) is 2. The summed E-state index contributed by atoms with van der Waals surface area (Å²) in [6.07, 6.45) is 1.07. The zero-order valence-electron chi connectivity index (χ0n) is 13.4. The van der Waals surface area contributed by atoms with Crippen LogP contribution in [-0.2, 0) is 11.4 Å². The Labute approximate surface area is 127 Å². The second kappa shape index (κ2) is 5.07. The van der Waals surface area contributed by atoms with Gasteiger partial charge >= 0.3 is 0 Å². The molecule has 0 N–H and O–H groups in total. The lowest BCUT2D eigenvalue weighted by molar-refractivity contribution is 0.216. The molecule has 20 heavy (non-hydrogen) atoms. The van der Waals surface area contributed by atoms with Gasteiger partial charge in [0, 0.05) is 5.54 Å². The number of hydrogen-bond acceptors (Lipinski definition) is 1. The van der Waals surface area contributed by atoms with Crippen LogP contribution >= 0.6 is 11.6 Å². The molecule has 1 heterocycles. The van der Waals surface area contributed by atoms with Crippen LogP contribution in [0.1, 0.15) is 52.4 Å². The number of aryl methyl sites for hydroxylation is 1. The molecule has 0 spiro atoms. The second-order valence-corrected chi connectivity index (χ2v) is 7.81. The van der Waals surface area contributed by atoms with Gasteiger partial charge in [-0.2, -0.15) is 0 Å².